The van der Waals surface area contributed by atoms with E-state index in [9.17, 15) is 9.59 Å². The third kappa shape index (κ3) is 4.66. The first kappa shape index (κ1) is 19.7. The van der Waals surface area contributed by atoms with Crippen molar-refractivity contribution in [2.75, 3.05) is 26.2 Å². The van der Waals surface area contributed by atoms with Gasteiger partial charge in [0.05, 0.1) is 0 Å². The summed E-state index contributed by atoms with van der Waals surface area (Å²) in [6.07, 6.45) is 1.47. The van der Waals surface area contributed by atoms with E-state index in [2.05, 4.69) is 16.1 Å². The van der Waals surface area contributed by atoms with Gasteiger partial charge in [-0.15, -0.1) is 0 Å². The summed E-state index contributed by atoms with van der Waals surface area (Å²) < 4.78 is 7.08. The maximum absolute atomic E-state index is 12.6. The van der Waals surface area contributed by atoms with E-state index in [1.54, 1.807) is 4.90 Å². The highest BCUT2D eigenvalue weighted by Crippen LogP contribution is 2.22. The Labute approximate surface area is 174 Å². The molecule has 0 atom stereocenters. The van der Waals surface area contributed by atoms with Crippen LogP contribution in [0.3, 0.4) is 0 Å². The van der Waals surface area contributed by atoms with Crippen molar-refractivity contribution in [2.45, 2.75) is 6.54 Å². The molecule has 2 heterocycles. The van der Waals surface area contributed by atoms with Gasteiger partial charge < -0.3 is 15.4 Å². The summed E-state index contributed by atoms with van der Waals surface area (Å²) in [7, 11) is 0. The van der Waals surface area contributed by atoms with Gasteiger partial charge in [-0.05, 0) is 35.9 Å². The standard InChI is InChI=1S/C22H23N5O3/c23-21(28)20-9-10-27(24-20)22(29)26-13-11-25(12-14-26)16-17-5-4-8-19(15-17)30-18-6-2-1-3-7-18/h1-10,15H,11-14,16H2,(H2,23,28). The molecular formula is C22H23N5O3. The first-order valence-electron chi connectivity index (χ1n) is 9.77. The molecule has 2 N–H and O–H groups in total. The zero-order valence-electron chi connectivity index (χ0n) is 16.5. The summed E-state index contributed by atoms with van der Waals surface area (Å²) in [4.78, 5) is 27.7. The van der Waals surface area contributed by atoms with E-state index in [1.807, 2.05) is 48.5 Å². The minimum Gasteiger partial charge on any atom is -0.457 e. The smallest absolute Gasteiger partial charge is 0.344 e. The van der Waals surface area contributed by atoms with Gasteiger partial charge in [0.25, 0.3) is 5.91 Å². The molecule has 0 aliphatic carbocycles. The van der Waals surface area contributed by atoms with E-state index in [-0.39, 0.29) is 11.7 Å². The molecule has 0 spiro atoms. The summed E-state index contributed by atoms with van der Waals surface area (Å²) in [5, 5.41) is 3.94. The second-order valence-electron chi connectivity index (χ2n) is 7.12. The Hall–Kier alpha value is -3.65. The molecule has 0 bridgehead atoms. The number of para-hydroxylation sites is 1. The summed E-state index contributed by atoms with van der Waals surface area (Å²) in [5.74, 6) is 0.959. The minimum absolute atomic E-state index is 0.0830. The number of hydrogen-bond donors (Lipinski definition) is 1. The fourth-order valence-electron chi connectivity index (χ4n) is 3.39. The van der Waals surface area contributed by atoms with Crippen molar-refractivity contribution >= 4 is 11.9 Å². The zero-order valence-corrected chi connectivity index (χ0v) is 16.5. The van der Waals surface area contributed by atoms with E-state index in [4.69, 9.17) is 10.5 Å². The van der Waals surface area contributed by atoms with Crippen LogP contribution in [0, 0.1) is 0 Å². The molecule has 8 nitrogen and oxygen atoms in total. The quantitative estimate of drug-likeness (QED) is 0.704. The molecule has 154 valence electrons. The average molecular weight is 405 g/mol. The van der Waals surface area contributed by atoms with Crippen LogP contribution in [0.2, 0.25) is 0 Å². The van der Waals surface area contributed by atoms with Gasteiger partial charge in [0.1, 0.15) is 11.5 Å². The van der Waals surface area contributed by atoms with Crippen molar-refractivity contribution in [3.8, 4) is 11.5 Å². The van der Waals surface area contributed by atoms with E-state index < -0.39 is 5.91 Å². The second-order valence-corrected chi connectivity index (χ2v) is 7.12. The van der Waals surface area contributed by atoms with Crippen LogP contribution in [-0.2, 0) is 6.54 Å². The Balaban J connectivity index is 1.32. The molecule has 1 fully saturated rings. The number of nitrogens with two attached hydrogens (primary N) is 1. The second kappa shape index (κ2) is 8.79. The summed E-state index contributed by atoms with van der Waals surface area (Å²) in [5.41, 5.74) is 6.43. The lowest BCUT2D eigenvalue weighted by Gasteiger charge is -2.34. The van der Waals surface area contributed by atoms with Gasteiger partial charge in [0, 0.05) is 38.9 Å². The van der Waals surface area contributed by atoms with Gasteiger partial charge >= 0.3 is 6.03 Å². The lowest BCUT2D eigenvalue weighted by Crippen LogP contribution is -2.49. The molecule has 4 rings (SSSR count). The number of primary amides is 1. The zero-order chi connectivity index (χ0) is 20.9. The van der Waals surface area contributed by atoms with Crippen LogP contribution in [0.5, 0.6) is 11.5 Å². The third-order valence-electron chi connectivity index (χ3n) is 4.96. The highest BCUT2D eigenvalue weighted by Gasteiger charge is 2.23. The molecule has 1 aromatic heterocycles. The van der Waals surface area contributed by atoms with Crippen LogP contribution in [0.25, 0.3) is 0 Å². The molecule has 0 radical (unpaired) electrons. The number of aromatic nitrogens is 2. The monoisotopic (exact) mass is 405 g/mol. The van der Waals surface area contributed by atoms with Crippen LogP contribution in [0.4, 0.5) is 4.79 Å². The van der Waals surface area contributed by atoms with Crippen LogP contribution in [-0.4, -0.2) is 57.7 Å². The number of benzene rings is 2. The number of hydrogen-bond acceptors (Lipinski definition) is 5. The van der Waals surface area contributed by atoms with Crippen molar-refractivity contribution in [1.82, 2.24) is 19.6 Å². The molecule has 2 aromatic carbocycles. The summed E-state index contributed by atoms with van der Waals surface area (Å²) in [6, 6.07) is 18.9. The Morgan fingerprint density at radius 2 is 1.67 bits per heavy atom. The number of ether oxygens (including phenoxy) is 1. The molecule has 1 saturated heterocycles. The predicted molar refractivity (Wildman–Crippen MR) is 111 cm³/mol. The number of carbonyl (C=O) groups excluding carboxylic acids is 2. The summed E-state index contributed by atoms with van der Waals surface area (Å²) in [6.45, 7) is 3.45. The third-order valence-corrected chi connectivity index (χ3v) is 4.96. The molecule has 30 heavy (non-hydrogen) atoms. The van der Waals surface area contributed by atoms with E-state index in [1.165, 1.54) is 16.9 Å². The van der Waals surface area contributed by atoms with Gasteiger partial charge in [-0.25, -0.2) is 4.79 Å². The lowest BCUT2D eigenvalue weighted by molar-refractivity contribution is 0.0995. The van der Waals surface area contributed by atoms with E-state index in [0.717, 1.165) is 36.7 Å². The predicted octanol–water partition coefficient (Wildman–Crippen LogP) is 2.56. The summed E-state index contributed by atoms with van der Waals surface area (Å²) >= 11 is 0. The molecular weight excluding hydrogens is 382 g/mol. The van der Waals surface area contributed by atoms with E-state index >= 15 is 0 Å². The number of nitrogens with zero attached hydrogens (tertiary/aromatic N) is 4. The first-order chi connectivity index (χ1) is 14.6. The van der Waals surface area contributed by atoms with Gasteiger partial charge in [-0.2, -0.15) is 9.78 Å². The topological polar surface area (TPSA) is 93.7 Å². The average Bonchev–Trinajstić information content (AvgIpc) is 3.26. The highest BCUT2D eigenvalue weighted by molar-refractivity contribution is 5.91. The largest absolute Gasteiger partial charge is 0.457 e. The number of carbonyl (C=O) groups is 2. The maximum atomic E-state index is 12.6. The van der Waals surface area contributed by atoms with Gasteiger partial charge in [-0.1, -0.05) is 30.3 Å². The lowest BCUT2D eigenvalue weighted by atomic mass is 10.2. The number of amides is 2. The molecule has 0 saturated carbocycles. The fourth-order valence-corrected chi connectivity index (χ4v) is 3.39. The molecule has 1 aliphatic heterocycles. The Morgan fingerprint density at radius 1 is 0.933 bits per heavy atom. The molecule has 3 aromatic rings. The highest BCUT2D eigenvalue weighted by atomic mass is 16.5. The van der Waals surface area contributed by atoms with Crippen molar-refractivity contribution in [1.29, 1.82) is 0 Å². The Bertz CT molecular complexity index is 1030. The van der Waals surface area contributed by atoms with Crippen molar-refractivity contribution < 1.29 is 14.3 Å². The van der Waals surface area contributed by atoms with Crippen LogP contribution < -0.4 is 10.5 Å². The number of rotatable bonds is 5. The SMILES string of the molecule is NC(=O)c1ccn(C(=O)N2CCN(Cc3cccc(Oc4ccccc4)c3)CC2)n1. The molecule has 0 unspecified atom stereocenters. The fraction of sp³-hybridized carbons (Fsp3) is 0.227. The van der Waals surface area contributed by atoms with Crippen LogP contribution in [0.1, 0.15) is 16.1 Å². The maximum Gasteiger partial charge on any atom is 0.344 e. The van der Waals surface area contributed by atoms with Crippen molar-refractivity contribution in [3.63, 3.8) is 0 Å². The van der Waals surface area contributed by atoms with Crippen molar-refractivity contribution in [2.24, 2.45) is 5.73 Å². The van der Waals surface area contributed by atoms with Gasteiger partial charge in [-0.3, -0.25) is 9.69 Å². The Morgan fingerprint density at radius 3 is 2.37 bits per heavy atom. The van der Waals surface area contributed by atoms with Crippen LogP contribution in [0.15, 0.2) is 66.9 Å². The van der Waals surface area contributed by atoms with Crippen LogP contribution >= 0.6 is 0 Å². The molecule has 2 amide bonds. The van der Waals surface area contributed by atoms with Gasteiger partial charge in [0.2, 0.25) is 0 Å². The minimum atomic E-state index is -0.648. The first-order valence-corrected chi connectivity index (χ1v) is 9.77. The van der Waals surface area contributed by atoms with Gasteiger partial charge in [0.15, 0.2) is 5.69 Å². The van der Waals surface area contributed by atoms with Crippen molar-refractivity contribution in [3.05, 3.63) is 78.1 Å². The number of piperazine rings is 1. The molecule has 8 heteroatoms. The van der Waals surface area contributed by atoms with E-state index in [0.29, 0.717) is 13.1 Å². The Kier molecular flexibility index (Phi) is 5.76. The normalized spacial score (nSPS) is 14.5. The molecule has 1 aliphatic rings.